The van der Waals surface area contributed by atoms with E-state index in [2.05, 4.69) is 35.1 Å². The number of hydrogen-bond donors (Lipinski definition) is 4. The minimum Gasteiger partial charge on any atom is -0.444 e. The van der Waals surface area contributed by atoms with Crippen LogP contribution in [0.4, 0.5) is 4.79 Å². The summed E-state index contributed by atoms with van der Waals surface area (Å²) in [6.07, 6.45) is 4.67. The van der Waals surface area contributed by atoms with Gasteiger partial charge in [0.05, 0.1) is 12.6 Å². The zero-order valence-electron chi connectivity index (χ0n) is 32.0. The number of carbonyl (C=O) groups is 7. The molecule has 0 bridgehead atoms. The Bertz CT molecular complexity index is 1580. The van der Waals surface area contributed by atoms with Gasteiger partial charge in [0.1, 0.15) is 23.7 Å². The summed E-state index contributed by atoms with van der Waals surface area (Å²) in [6.45, 7) is 9.13. The molecule has 3 saturated carbocycles. The summed E-state index contributed by atoms with van der Waals surface area (Å²) in [5, 5.41) is 10.7. The predicted molar refractivity (Wildman–Crippen MR) is 195 cm³/mol. The van der Waals surface area contributed by atoms with Crippen LogP contribution in [0.2, 0.25) is 0 Å². The molecule has 5 rings (SSSR count). The summed E-state index contributed by atoms with van der Waals surface area (Å²) >= 11 is 0. The third-order valence-electron chi connectivity index (χ3n) is 11.2. The van der Waals surface area contributed by atoms with Crippen LogP contribution in [0.1, 0.15) is 91.2 Å². The first kappa shape index (κ1) is 39.7. The highest BCUT2D eigenvalue weighted by Gasteiger charge is 2.70. The quantitative estimate of drug-likeness (QED) is 0.210. The van der Waals surface area contributed by atoms with Gasteiger partial charge in [-0.25, -0.2) is 4.79 Å². The Morgan fingerprint density at radius 3 is 2.15 bits per heavy atom. The van der Waals surface area contributed by atoms with Crippen molar-refractivity contribution in [2.75, 3.05) is 27.2 Å². The molecule has 4 aliphatic rings. The number of amides is 6. The summed E-state index contributed by atoms with van der Waals surface area (Å²) in [5.41, 5.74) is -0.416. The highest BCUT2D eigenvalue weighted by molar-refractivity contribution is 6.38. The second-order valence-corrected chi connectivity index (χ2v) is 17.0. The van der Waals surface area contributed by atoms with Gasteiger partial charge < -0.3 is 35.8 Å². The number of nitrogens with zero attached hydrogens (tertiary/aromatic N) is 2. The van der Waals surface area contributed by atoms with Crippen molar-refractivity contribution in [3.8, 4) is 0 Å². The molecular formula is C39H56N6O8. The number of hydrogen-bond acceptors (Lipinski definition) is 8. The van der Waals surface area contributed by atoms with Crippen LogP contribution < -0.4 is 21.3 Å². The van der Waals surface area contributed by atoms with Crippen LogP contribution in [0.15, 0.2) is 30.3 Å². The summed E-state index contributed by atoms with van der Waals surface area (Å²) < 4.78 is 5.50. The van der Waals surface area contributed by atoms with Gasteiger partial charge in [-0.1, -0.05) is 69.9 Å². The van der Waals surface area contributed by atoms with E-state index in [0.717, 1.165) is 38.5 Å². The monoisotopic (exact) mass is 736 g/mol. The van der Waals surface area contributed by atoms with E-state index in [-0.39, 0.29) is 47.3 Å². The van der Waals surface area contributed by atoms with E-state index < -0.39 is 65.9 Å². The van der Waals surface area contributed by atoms with Crippen LogP contribution in [0.5, 0.6) is 0 Å². The fourth-order valence-electron chi connectivity index (χ4n) is 8.08. The first-order valence-electron chi connectivity index (χ1n) is 18.9. The Morgan fingerprint density at radius 1 is 0.925 bits per heavy atom. The van der Waals surface area contributed by atoms with Crippen LogP contribution in [0.25, 0.3) is 0 Å². The molecule has 6 amide bonds. The van der Waals surface area contributed by atoms with Crippen molar-refractivity contribution in [3.63, 3.8) is 0 Å². The van der Waals surface area contributed by atoms with Crippen molar-refractivity contribution >= 4 is 41.4 Å². The zero-order chi connectivity index (χ0) is 38.8. The topological polar surface area (TPSA) is 183 Å². The predicted octanol–water partition coefficient (Wildman–Crippen LogP) is 2.47. The van der Waals surface area contributed by atoms with E-state index >= 15 is 0 Å². The van der Waals surface area contributed by atoms with Gasteiger partial charge in [-0.15, -0.1) is 0 Å². The average molecular weight is 737 g/mol. The van der Waals surface area contributed by atoms with E-state index in [9.17, 15) is 33.6 Å². The zero-order valence-corrected chi connectivity index (χ0v) is 32.0. The molecule has 4 N–H and O–H groups in total. The molecule has 0 aromatic heterocycles. The number of likely N-dealkylation sites (tertiary alicyclic amines) is 1. The molecule has 3 unspecified atom stereocenters. The number of piperidine rings is 1. The first-order valence-corrected chi connectivity index (χ1v) is 18.9. The Morgan fingerprint density at radius 2 is 1.57 bits per heavy atom. The molecule has 1 aliphatic heterocycles. The van der Waals surface area contributed by atoms with Gasteiger partial charge in [0.2, 0.25) is 29.4 Å². The number of fused-ring (bicyclic) bond motifs is 1. The minimum atomic E-state index is -1.16. The fourth-order valence-corrected chi connectivity index (χ4v) is 8.08. The Hall–Kier alpha value is -4.49. The molecular weight excluding hydrogens is 680 g/mol. The van der Waals surface area contributed by atoms with Gasteiger partial charge in [0.25, 0.3) is 5.91 Å². The summed E-state index contributed by atoms with van der Waals surface area (Å²) in [4.78, 5) is 96.9. The first-order chi connectivity index (χ1) is 24.9. The Balaban J connectivity index is 1.27. The molecule has 0 radical (unpaired) electrons. The second-order valence-electron chi connectivity index (χ2n) is 17.0. The third-order valence-corrected chi connectivity index (χ3v) is 11.2. The van der Waals surface area contributed by atoms with E-state index in [4.69, 9.17) is 4.74 Å². The average Bonchev–Trinajstić information content (AvgIpc) is 3.79. The van der Waals surface area contributed by atoms with E-state index in [1.54, 1.807) is 70.1 Å². The summed E-state index contributed by atoms with van der Waals surface area (Å²) in [6, 6.07) is 4.78. The number of carbonyl (C=O) groups excluding carboxylic acids is 7. The number of nitrogens with one attached hydrogen (secondary N) is 4. The van der Waals surface area contributed by atoms with Crippen LogP contribution in [-0.2, 0) is 33.5 Å². The van der Waals surface area contributed by atoms with Crippen molar-refractivity contribution < 1.29 is 38.3 Å². The maximum absolute atomic E-state index is 14.3. The van der Waals surface area contributed by atoms with Gasteiger partial charge in [-0.3, -0.25) is 28.8 Å². The SMILES string of the molecule is CN(C)C(=O)[C@@H](NC(=O)CNC(=O)C(=O)C(CC1CC1)NC(=O)[C@@H]1C2C(CN1C(=O)[C@@H](NC(=O)OC(C)(C)C)C1CCCC1)C2(C)C)c1ccccc1. The summed E-state index contributed by atoms with van der Waals surface area (Å²) in [7, 11) is 3.14. The summed E-state index contributed by atoms with van der Waals surface area (Å²) in [5.74, 6) is -3.87. The fraction of sp³-hybridized carbons (Fsp3) is 0.667. The van der Waals surface area contributed by atoms with E-state index in [1.165, 1.54) is 4.90 Å². The van der Waals surface area contributed by atoms with Crippen LogP contribution in [0, 0.1) is 29.1 Å². The third kappa shape index (κ3) is 9.55. The molecule has 4 fully saturated rings. The lowest BCUT2D eigenvalue weighted by Gasteiger charge is -2.35. The molecule has 1 aromatic carbocycles. The van der Waals surface area contributed by atoms with Crippen molar-refractivity contribution in [3.05, 3.63) is 35.9 Å². The number of Topliss-reactive ketones (excluding diaryl/α,β-unsaturated/α-hetero) is 1. The van der Waals surface area contributed by atoms with Gasteiger partial charge >= 0.3 is 6.09 Å². The van der Waals surface area contributed by atoms with Crippen LogP contribution in [-0.4, -0.2) is 102 Å². The van der Waals surface area contributed by atoms with Gasteiger partial charge in [-0.05, 0) is 74.7 Å². The Kier molecular flexibility index (Phi) is 11.9. The van der Waals surface area contributed by atoms with Crippen LogP contribution in [0.3, 0.4) is 0 Å². The van der Waals surface area contributed by atoms with Gasteiger partial charge in [-0.2, -0.15) is 0 Å². The maximum Gasteiger partial charge on any atom is 0.408 e. The van der Waals surface area contributed by atoms with Crippen molar-refractivity contribution in [1.82, 2.24) is 31.1 Å². The van der Waals surface area contributed by atoms with E-state index in [0.29, 0.717) is 12.1 Å². The lowest BCUT2D eigenvalue weighted by molar-refractivity contribution is -0.145. The number of rotatable bonds is 14. The maximum atomic E-state index is 14.3. The minimum absolute atomic E-state index is 0.0615. The molecule has 0 spiro atoms. The lowest BCUT2D eigenvalue weighted by atomic mass is 9.94. The van der Waals surface area contributed by atoms with Gasteiger partial charge in [0.15, 0.2) is 0 Å². The van der Waals surface area contributed by atoms with Crippen LogP contribution >= 0.6 is 0 Å². The molecule has 14 nitrogen and oxygen atoms in total. The molecule has 14 heteroatoms. The molecule has 1 saturated heterocycles. The van der Waals surface area contributed by atoms with E-state index in [1.807, 2.05) is 0 Å². The standard InChI is InChI=1S/C39H56N6O8/c1-38(2,3)53-37(52)43-30(24-15-11-12-16-24)36(51)45-21-25-28(39(25,4)5)31(45)33(48)41-26(19-22-17-18-22)32(47)34(49)40-20-27(46)42-29(35(50)44(6)7)23-13-9-8-10-14-23/h8-10,13-14,22,24-26,28-31H,11-12,15-21H2,1-7H3,(H,40,49)(H,41,48)(H,42,46)(H,43,52)/t25?,26?,28?,29-,30-,31-/m0/s1. The number of ether oxygens (including phenoxy) is 1. The van der Waals surface area contributed by atoms with Crippen molar-refractivity contribution in [2.45, 2.75) is 109 Å². The molecule has 1 heterocycles. The Labute approximate surface area is 311 Å². The number of ketones is 1. The van der Waals surface area contributed by atoms with Crippen molar-refractivity contribution in [2.24, 2.45) is 29.1 Å². The number of alkyl carbamates (subject to hydrolysis) is 1. The van der Waals surface area contributed by atoms with Gasteiger partial charge in [0, 0.05) is 20.6 Å². The smallest absolute Gasteiger partial charge is 0.408 e. The lowest BCUT2D eigenvalue weighted by Crippen LogP contribution is -2.59. The molecule has 3 aliphatic carbocycles. The number of likely N-dealkylation sites (N-methyl/N-ethyl adjacent to an activating group) is 1. The number of benzene rings is 1. The second kappa shape index (κ2) is 15.9. The molecule has 290 valence electrons. The molecule has 6 atom stereocenters. The van der Waals surface area contributed by atoms with Crippen molar-refractivity contribution in [1.29, 1.82) is 0 Å². The molecule has 53 heavy (non-hydrogen) atoms. The largest absolute Gasteiger partial charge is 0.444 e. The normalized spacial score (nSPS) is 23.5. The highest BCUT2D eigenvalue weighted by atomic mass is 16.6. The molecule has 1 aromatic rings. The highest BCUT2D eigenvalue weighted by Crippen LogP contribution is 2.65.